The van der Waals surface area contributed by atoms with E-state index in [1.165, 1.54) is 0 Å². The average Bonchev–Trinajstić information content (AvgIpc) is 2.00. The molecule has 86 valence electrons. The van der Waals surface area contributed by atoms with E-state index in [0.717, 1.165) is 13.0 Å². The molecule has 0 rings (SSSR count). The van der Waals surface area contributed by atoms with Crippen molar-refractivity contribution in [2.75, 3.05) is 13.1 Å². The smallest absolute Gasteiger partial charge is 0.317 e. The van der Waals surface area contributed by atoms with Crippen molar-refractivity contribution in [2.24, 2.45) is 5.92 Å². The summed E-state index contributed by atoms with van der Waals surface area (Å²) in [5.74, 6) is 0.651. The number of hydrogen-bond donors (Lipinski definition) is 1. The molecule has 1 N–H and O–H groups in total. The lowest BCUT2D eigenvalue weighted by molar-refractivity contribution is -0.135. The Balaban J connectivity index is 3.07. The van der Waals surface area contributed by atoms with E-state index in [2.05, 4.69) is 19.2 Å². The summed E-state index contributed by atoms with van der Waals surface area (Å²) in [7, 11) is 0. The van der Waals surface area contributed by atoms with Crippen LogP contribution >= 0.6 is 0 Å². The summed E-state index contributed by atoms with van der Waals surface area (Å²) in [6.45, 7) is 5.86. The highest BCUT2D eigenvalue weighted by Gasteiger charge is 2.25. The summed E-state index contributed by atoms with van der Waals surface area (Å²) in [6, 6.07) is 0. The Morgan fingerprint density at radius 1 is 1.07 bits per heavy atom. The van der Waals surface area contributed by atoms with Gasteiger partial charge in [-0.15, -0.1) is 0 Å². The Bertz CT molecular complexity index is 132. The Morgan fingerprint density at radius 2 is 1.71 bits per heavy atom. The average molecular weight is 211 g/mol. The van der Waals surface area contributed by atoms with Gasteiger partial charge in [-0.3, -0.25) is 0 Å². The first kappa shape index (κ1) is 13.8. The van der Waals surface area contributed by atoms with Crippen LogP contribution in [-0.2, 0) is 0 Å². The summed E-state index contributed by atoms with van der Waals surface area (Å²) < 4.78 is 35.1. The first-order valence-electron chi connectivity index (χ1n) is 5.19. The number of halogens is 3. The molecule has 0 aliphatic heterocycles. The number of unbranched alkanes of at least 4 members (excludes halogenated alkanes) is 1. The minimum absolute atomic E-state index is 0.234. The van der Waals surface area contributed by atoms with E-state index < -0.39 is 12.6 Å². The lowest BCUT2D eigenvalue weighted by atomic mass is 10.1. The fourth-order valence-electron chi connectivity index (χ4n) is 1.09. The standard InChI is InChI=1S/C10H20F3N/c1-9(2)5-8-14-7-4-3-6-10(11,12)13/h9,14H,3-8H2,1-2H3. The molecule has 0 saturated heterocycles. The Hall–Kier alpha value is -0.250. The third kappa shape index (κ3) is 11.8. The van der Waals surface area contributed by atoms with Gasteiger partial charge in [0.15, 0.2) is 0 Å². The molecule has 0 aromatic carbocycles. The number of rotatable bonds is 7. The van der Waals surface area contributed by atoms with Crippen molar-refractivity contribution in [2.45, 2.75) is 45.7 Å². The molecule has 0 atom stereocenters. The van der Waals surface area contributed by atoms with Crippen LogP contribution in [0.4, 0.5) is 13.2 Å². The molecule has 0 radical (unpaired) electrons. The van der Waals surface area contributed by atoms with Crippen LogP contribution in [0.15, 0.2) is 0 Å². The Morgan fingerprint density at radius 3 is 2.21 bits per heavy atom. The van der Waals surface area contributed by atoms with Crippen LogP contribution in [-0.4, -0.2) is 19.3 Å². The largest absolute Gasteiger partial charge is 0.389 e. The van der Waals surface area contributed by atoms with Crippen LogP contribution in [0.5, 0.6) is 0 Å². The quantitative estimate of drug-likeness (QED) is 0.637. The van der Waals surface area contributed by atoms with Crippen molar-refractivity contribution >= 4 is 0 Å². The van der Waals surface area contributed by atoms with Gasteiger partial charge >= 0.3 is 6.18 Å². The molecule has 0 bridgehead atoms. The minimum atomic E-state index is -3.99. The van der Waals surface area contributed by atoms with Crippen LogP contribution in [0, 0.1) is 5.92 Å². The molecule has 0 fully saturated rings. The van der Waals surface area contributed by atoms with Crippen molar-refractivity contribution in [1.29, 1.82) is 0 Å². The van der Waals surface area contributed by atoms with Gasteiger partial charge in [0.2, 0.25) is 0 Å². The second-order valence-corrected chi connectivity index (χ2v) is 4.00. The maximum absolute atomic E-state index is 11.7. The number of alkyl halides is 3. The molecule has 1 nitrogen and oxygen atoms in total. The van der Waals surface area contributed by atoms with Crippen molar-refractivity contribution < 1.29 is 13.2 Å². The second-order valence-electron chi connectivity index (χ2n) is 4.00. The molecule has 0 aliphatic rings. The van der Waals surface area contributed by atoms with Crippen LogP contribution in [0.1, 0.15) is 39.5 Å². The van der Waals surface area contributed by atoms with Gasteiger partial charge in [-0.2, -0.15) is 13.2 Å². The van der Waals surface area contributed by atoms with Crippen LogP contribution in [0.25, 0.3) is 0 Å². The summed E-state index contributed by atoms with van der Waals surface area (Å²) in [6.07, 6.45) is -2.72. The van der Waals surface area contributed by atoms with Gasteiger partial charge in [0.05, 0.1) is 0 Å². The molecule has 0 aromatic heterocycles. The third-order valence-electron chi connectivity index (χ3n) is 1.96. The van der Waals surface area contributed by atoms with E-state index in [4.69, 9.17) is 0 Å². The van der Waals surface area contributed by atoms with E-state index in [-0.39, 0.29) is 6.42 Å². The molecule has 0 heterocycles. The monoisotopic (exact) mass is 211 g/mol. The van der Waals surface area contributed by atoms with E-state index >= 15 is 0 Å². The normalized spacial score (nSPS) is 12.4. The van der Waals surface area contributed by atoms with Gasteiger partial charge in [0, 0.05) is 6.42 Å². The van der Waals surface area contributed by atoms with Crippen LogP contribution in [0.3, 0.4) is 0 Å². The summed E-state index contributed by atoms with van der Waals surface area (Å²) in [5.41, 5.74) is 0. The van der Waals surface area contributed by atoms with E-state index in [0.29, 0.717) is 18.9 Å². The molecule has 0 amide bonds. The van der Waals surface area contributed by atoms with Crippen molar-refractivity contribution in [1.82, 2.24) is 5.32 Å². The van der Waals surface area contributed by atoms with Crippen LogP contribution < -0.4 is 5.32 Å². The molecule has 0 aliphatic carbocycles. The summed E-state index contributed by atoms with van der Waals surface area (Å²) >= 11 is 0. The van der Waals surface area contributed by atoms with Gasteiger partial charge in [-0.05, 0) is 38.3 Å². The fraction of sp³-hybridized carbons (Fsp3) is 1.00. The first-order chi connectivity index (χ1) is 6.42. The topological polar surface area (TPSA) is 12.0 Å². The van der Waals surface area contributed by atoms with Crippen molar-refractivity contribution in [3.63, 3.8) is 0 Å². The van der Waals surface area contributed by atoms with Crippen molar-refractivity contribution in [3.8, 4) is 0 Å². The molecule has 14 heavy (non-hydrogen) atoms. The SMILES string of the molecule is CC(C)CCNCCCCC(F)(F)F. The van der Waals surface area contributed by atoms with E-state index in [1.54, 1.807) is 0 Å². The van der Waals surface area contributed by atoms with Gasteiger partial charge in [0.1, 0.15) is 0 Å². The number of nitrogens with one attached hydrogen (secondary N) is 1. The molecule has 4 heteroatoms. The predicted octanol–water partition coefficient (Wildman–Crippen LogP) is 3.35. The summed E-state index contributed by atoms with van der Waals surface area (Å²) in [4.78, 5) is 0. The lowest BCUT2D eigenvalue weighted by Gasteiger charge is -2.08. The molecular weight excluding hydrogens is 191 g/mol. The zero-order chi connectivity index (χ0) is 11.0. The lowest BCUT2D eigenvalue weighted by Crippen LogP contribution is -2.18. The van der Waals surface area contributed by atoms with Gasteiger partial charge in [-0.1, -0.05) is 13.8 Å². The van der Waals surface area contributed by atoms with E-state index in [1.807, 2.05) is 0 Å². The molecule has 0 saturated carbocycles. The maximum atomic E-state index is 11.7. The van der Waals surface area contributed by atoms with Crippen molar-refractivity contribution in [3.05, 3.63) is 0 Å². The Kier molecular flexibility index (Phi) is 6.97. The second kappa shape index (κ2) is 7.10. The highest BCUT2D eigenvalue weighted by molar-refractivity contribution is 4.54. The molecule has 0 unspecified atom stereocenters. The van der Waals surface area contributed by atoms with Gasteiger partial charge in [-0.25, -0.2) is 0 Å². The minimum Gasteiger partial charge on any atom is -0.317 e. The fourth-order valence-corrected chi connectivity index (χ4v) is 1.09. The van der Waals surface area contributed by atoms with Crippen LogP contribution in [0.2, 0.25) is 0 Å². The highest BCUT2D eigenvalue weighted by Crippen LogP contribution is 2.21. The van der Waals surface area contributed by atoms with E-state index in [9.17, 15) is 13.2 Å². The zero-order valence-corrected chi connectivity index (χ0v) is 8.95. The third-order valence-corrected chi connectivity index (χ3v) is 1.96. The highest BCUT2D eigenvalue weighted by atomic mass is 19.4. The first-order valence-corrected chi connectivity index (χ1v) is 5.19. The summed E-state index contributed by atoms with van der Waals surface area (Å²) in [5, 5.41) is 3.14. The molecule has 0 aromatic rings. The molecule has 0 spiro atoms. The zero-order valence-electron chi connectivity index (χ0n) is 8.95. The number of hydrogen-bond acceptors (Lipinski definition) is 1. The van der Waals surface area contributed by atoms with Gasteiger partial charge in [0.25, 0.3) is 0 Å². The maximum Gasteiger partial charge on any atom is 0.389 e. The molecular formula is C10H20F3N. The van der Waals surface area contributed by atoms with Gasteiger partial charge < -0.3 is 5.32 Å². The predicted molar refractivity (Wildman–Crippen MR) is 52.2 cm³/mol. The Labute approximate surface area is 84.1 Å².